The van der Waals surface area contributed by atoms with Crippen LogP contribution in [0.1, 0.15) is 48.6 Å². The van der Waals surface area contributed by atoms with Gasteiger partial charge in [-0.2, -0.15) is 0 Å². The zero-order valence-corrected chi connectivity index (χ0v) is 28.9. The van der Waals surface area contributed by atoms with Crippen LogP contribution >= 0.6 is 11.6 Å². The van der Waals surface area contributed by atoms with Gasteiger partial charge in [-0.05, 0) is 92.9 Å². The van der Waals surface area contributed by atoms with Gasteiger partial charge in [-0.1, -0.05) is 129 Å². The molecule has 9 rings (SSSR count). The fourth-order valence-corrected chi connectivity index (χ4v) is 8.13. The monoisotopic (exact) mass is 666 g/mol. The first-order chi connectivity index (χ1) is 24.3. The topological polar surface area (TPSA) is 27.1 Å². The van der Waals surface area contributed by atoms with Gasteiger partial charge in [0.25, 0.3) is 0 Å². The van der Waals surface area contributed by atoms with Crippen molar-refractivity contribution in [3.8, 4) is 28.4 Å². The Bertz CT molecular complexity index is 2530. The third-order valence-corrected chi connectivity index (χ3v) is 10.5. The Morgan fingerprint density at radius 1 is 0.580 bits per heavy atom. The van der Waals surface area contributed by atoms with E-state index in [-0.39, 0.29) is 5.41 Å². The molecule has 0 aliphatic heterocycles. The number of hydrogen-bond acceptors (Lipinski definition) is 2. The van der Waals surface area contributed by atoms with Crippen LogP contribution in [0.3, 0.4) is 0 Å². The second-order valence-electron chi connectivity index (χ2n) is 14.2. The molecule has 1 aliphatic rings. The van der Waals surface area contributed by atoms with Gasteiger partial charge in [-0.25, -0.2) is 4.98 Å². The Balaban J connectivity index is 1.29. The summed E-state index contributed by atoms with van der Waals surface area (Å²) in [6.07, 6.45) is 1.96. The average molecular weight is 667 g/mol. The molecule has 0 amide bonds. The van der Waals surface area contributed by atoms with E-state index in [9.17, 15) is 0 Å². The van der Waals surface area contributed by atoms with Crippen LogP contribution in [0.15, 0.2) is 158 Å². The van der Waals surface area contributed by atoms with Crippen LogP contribution in [0.2, 0.25) is 5.02 Å². The molecule has 8 aromatic rings. The Kier molecular flexibility index (Phi) is 6.98. The standard InChI is InChI=1S/C46H35ClN2O/c1-45(2,3)30-19-21-31(22-20-30)46(40-16-7-4-13-36(40)37-14-5-8-17-41(37)46)32-25-26-48-44(27-32)49-42-18-9-6-15-38(42)39-24-23-35(29-43(39)49)50-34-12-10-11-33(47)28-34/h4-29H,1-3H3. The molecule has 0 saturated carbocycles. The van der Waals surface area contributed by atoms with Gasteiger partial charge in [0.05, 0.1) is 16.4 Å². The first-order valence-electron chi connectivity index (χ1n) is 17.1. The summed E-state index contributed by atoms with van der Waals surface area (Å²) in [4.78, 5) is 5.07. The summed E-state index contributed by atoms with van der Waals surface area (Å²) in [5.74, 6) is 2.27. The second-order valence-corrected chi connectivity index (χ2v) is 14.6. The molecule has 0 bridgehead atoms. The molecule has 0 spiro atoms. The van der Waals surface area contributed by atoms with Crippen LogP contribution in [0.25, 0.3) is 38.8 Å². The minimum Gasteiger partial charge on any atom is -0.457 e. The lowest BCUT2D eigenvalue weighted by Crippen LogP contribution is -2.29. The van der Waals surface area contributed by atoms with E-state index in [0.717, 1.165) is 33.4 Å². The third-order valence-electron chi connectivity index (χ3n) is 10.2. The lowest BCUT2D eigenvalue weighted by atomic mass is 9.67. The number of nitrogens with zero attached hydrogens (tertiary/aromatic N) is 2. The van der Waals surface area contributed by atoms with Crippen LogP contribution in [-0.2, 0) is 10.8 Å². The smallest absolute Gasteiger partial charge is 0.137 e. The quantitative estimate of drug-likeness (QED) is 0.183. The number of fused-ring (bicyclic) bond motifs is 6. The Labute approximate surface area is 297 Å². The van der Waals surface area contributed by atoms with Crippen molar-refractivity contribution in [2.24, 2.45) is 0 Å². The highest BCUT2D eigenvalue weighted by Crippen LogP contribution is 2.56. The van der Waals surface area contributed by atoms with Crippen molar-refractivity contribution in [1.82, 2.24) is 9.55 Å². The first-order valence-corrected chi connectivity index (χ1v) is 17.4. The summed E-state index contributed by atoms with van der Waals surface area (Å²) in [6, 6.07) is 53.8. The van der Waals surface area contributed by atoms with Crippen molar-refractivity contribution in [2.75, 3.05) is 0 Å². The van der Waals surface area contributed by atoms with Gasteiger partial charge in [-0.15, -0.1) is 0 Å². The van der Waals surface area contributed by atoms with Gasteiger partial charge in [-0.3, -0.25) is 4.57 Å². The number of para-hydroxylation sites is 1. The maximum Gasteiger partial charge on any atom is 0.137 e. The first kappa shape index (κ1) is 30.4. The molecule has 0 unspecified atom stereocenters. The van der Waals surface area contributed by atoms with Gasteiger partial charge in [0.15, 0.2) is 0 Å². The summed E-state index contributed by atoms with van der Waals surface area (Å²) in [6.45, 7) is 6.80. The van der Waals surface area contributed by atoms with Crippen LogP contribution in [-0.4, -0.2) is 9.55 Å². The molecule has 4 heteroatoms. The summed E-state index contributed by atoms with van der Waals surface area (Å²) in [5, 5.41) is 2.93. The van der Waals surface area contributed by atoms with E-state index in [1.165, 1.54) is 38.9 Å². The molecular formula is C46H35ClN2O. The number of aromatic nitrogens is 2. The van der Waals surface area contributed by atoms with Crippen molar-refractivity contribution in [1.29, 1.82) is 0 Å². The van der Waals surface area contributed by atoms with Gasteiger partial charge in [0.1, 0.15) is 17.3 Å². The molecule has 0 saturated heterocycles. The number of halogens is 1. The van der Waals surface area contributed by atoms with Gasteiger partial charge in [0.2, 0.25) is 0 Å². The Hall–Kier alpha value is -5.64. The molecule has 0 fully saturated rings. The zero-order chi connectivity index (χ0) is 34.0. The second kappa shape index (κ2) is 11.5. The normalized spacial score (nSPS) is 13.4. The van der Waals surface area contributed by atoms with Gasteiger partial charge < -0.3 is 4.74 Å². The number of rotatable bonds is 5. The van der Waals surface area contributed by atoms with Crippen molar-refractivity contribution >= 4 is 33.4 Å². The minimum atomic E-state index is -0.541. The van der Waals surface area contributed by atoms with Crippen LogP contribution < -0.4 is 4.74 Å². The Morgan fingerprint density at radius 2 is 1.24 bits per heavy atom. The van der Waals surface area contributed by atoms with Crippen molar-refractivity contribution in [3.63, 3.8) is 0 Å². The molecule has 0 atom stereocenters. The van der Waals surface area contributed by atoms with Crippen molar-refractivity contribution in [3.05, 3.63) is 191 Å². The van der Waals surface area contributed by atoms with Crippen molar-refractivity contribution < 1.29 is 4.74 Å². The molecule has 3 nitrogen and oxygen atoms in total. The maximum absolute atomic E-state index is 6.33. The molecule has 2 heterocycles. The predicted molar refractivity (Wildman–Crippen MR) is 206 cm³/mol. The fourth-order valence-electron chi connectivity index (χ4n) is 7.95. The number of ether oxygens (including phenoxy) is 1. The largest absolute Gasteiger partial charge is 0.457 e. The Morgan fingerprint density at radius 3 is 1.96 bits per heavy atom. The van der Waals surface area contributed by atoms with Gasteiger partial charge in [0, 0.05) is 28.1 Å². The molecule has 0 radical (unpaired) electrons. The fraction of sp³-hybridized carbons (Fsp3) is 0.109. The predicted octanol–water partition coefficient (Wildman–Crippen LogP) is 12.3. The lowest BCUT2D eigenvalue weighted by molar-refractivity contribution is 0.483. The summed E-state index contributed by atoms with van der Waals surface area (Å²) < 4.78 is 8.59. The highest BCUT2D eigenvalue weighted by molar-refractivity contribution is 6.30. The van der Waals surface area contributed by atoms with Crippen LogP contribution in [0.5, 0.6) is 11.5 Å². The lowest BCUT2D eigenvalue weighted by Gasteiger charge is -2.34. The van der Waals surface area contributed by atoms with E-state index in [2.05, 4.69) is 147 Å². The highest BCUT2D eigenvalue weighted by Gasteiger charge is 2.46. The molecule has 0 N–H and O–H groups in total. The van der Waals surface area contributed by atoms with E-state index in [1.54, 1.807) is 0 Å². The van der Waals surface area contributed by atoms with E-state index < -0.39 is 5.41 Å². The summed E-state index contributed by atoms with van der Waals surface area (Å²) in [7, 11) is 0. The maximum atomic E-state index is 6.33. The average Bonchev–Trinajstić information content (AvgIpc) is 3.62. The minimum absolute atomic E-state index is 0.0485. The van der Waals surface area contributed by atoms with E-state index >= 15 is 0 Å². The number of pyridine rings is 1. The van der Waals surface area contributed by atoms with E-state index in [4.69, 9.17) is 21.3 Å². The van der Waals surface area contributed by atoms with Crippen LogP contribution in [0.4, 0.5) is 0 Å². The van der Waals surface area contributed by atoms with E-state index in [0.29, 0.717) is 10.8 Å². The molecule has 50 heavy (non-hydrogen) atoms. The third kappa shape index (κ3) is 4.69. The van der Waals surface area contributed by atoms with E-state index in [1.807, 2.05) is 36.5 Å². The molecule has 242 valence electrons. The molecule has 2 aromatic heterocycles. The summed E-state index contributed by atoms with van der Waals surface area (Å²) >= 11 is 6.29. The summed E-state index contributed by atoms with van der Waals surface area (Å²) in [5.41, 5.74) is 10.4. The van der Waals surface area contributed by atoms with Crippen LogP contribution in [0, 0.1) is 0 Å². The highest BCUT2D eigenvalue weighted by atomic mass is 35.5. The number of hydrogen-bond donors (Lipinski definition) is 0. The number of benzene rings is 6. The molecular weight excluding hydrogens is 632 g/mol. The molecule has 6 aromatic carbocycles. The zero-order valence-electron chi connectivity index (χ0n) is 28.2. The SMILES string of the molecule is CC(C)(C)c1ccc(C2(c3ccnc(-n4c5ccccc5c5ccc(Oc6cccc(Cl)c6)cc54)c3)c3ccccc3-c3ccccc32)cc1. The van der Waals surface area contributed by atoms with Gasteiger partial charge >= 0.3 is 0 Å². The van der Waals surface area contributed by atoms with Crippen molar-refractivity contribution in [2.45, 2.75) is 31.6 Å². The molecule has 1 aliphatic carbocycles.